The molecule has 0 aromatic heterocycles. The molecule has 1 aliphatic heterocycles. The lowest BCUT2D eigenvalue weighted by molar-refractivity contribution is -0.123. The van der Waals surface area contributed by atoms with Gasteiger partial charge in [0.1, 0.15) is 11.6 Å². The van der Waals surface area contributed by atoms with Crippen molar-refractivity contribution in [2.24, 2.45) is 0 Å². The fraction of sp³-hybridized carbons (Fsp3) is 0.500. The van der Waals surface area contributed by atoms with E-state index in [1.54, 1.807) is 0 Å². The van der Waals surface area contributed by atoms with Crippen LogP contribution in [0.1, 0.15) is 31.4 Å². The molecule has 1 amide bonds. The Hall–Kier alpha value is -1.24. The first kappa shape index (κ1) is 17.8. The van der Waals surface area contributed by atoms with Crippen LogP contribution in [0.5, 0.6) is 0 Å². The Bertz CT molecular complexity index is 502. The molecule has 7 heteroatoms. The smallest absolute Gasteiger partial charge is 0.237 e. The van der Waals surface area contributed by atoms with Gasteiger partial charge in [0.25, 0.3) is 0 Å². The van der Waals surface area contributed by atoms with Crippen LogP contribution in [-0.2, 0) is 4.79 Å². The zero-order valence-corrected chi connectivity index (χ0v) is 12.4. The molecule has 0 aliphatic carbocycles. The second-order valence-electron chi connectivity index (χ2n) is 4.99. The van der Waals surface area contributed by atoms with Crippen LogP contribution in [0.3, 0.4) is 0 Å². The molecule has 2 rings (SSSR count). The first-order valence-electron chi connectivity index (χ1n) is 6.68. The topological polar surface area (TPSA) is 61.4 Å². The molecule has 1 fully saturated rings. The molecular formula is C14H19ClF2N2O2. The number of hydrogen-bond donors (Lipinski definition) is 3. The van der Waals surface area contributed by atoms with Crippen LogP contribution in [0, 0.1) is 11.6 Å². The maximum Gasteiger partial charge on any atom is 0.237 e. The van der Waals surface area contributed by atoms with Gasteiger partial charge in [0.2, 0.25) is 5.91 Å². The summed E-state index contributed by atoms with van der Waals surface area (Å²) >= 11 is 0. The molecule has 0 bridgehead atoms. The van der Waals surface area contributed by atoms with Crippen LogP contribution < -0.4 is 10.6 Å². The monoisotopic (exact) mass is 320 g/mol. The molecule has 4 nitrogen and oxygen atoms in total. The molecule has 3 unspecified atom stereocenters. The first-order valence-corrected chi connectivity index (χ1v) is 6.68. The number of amides is 1. The number of β-amino-alcohol motifs (C(OH)–C–C–N with tert-alkyl or cyclic N) is 1. The Labute approximate surface area is 128 Å². The van der Waals surface area contributed by atoms with E-state index in [2.05, 4.69) is 10.6 Å². The molecule has 3 N–H and O–H groups in total. The Balaban J connectivity index is 0.00000220. The number of hydrogen-bond acceptors (Lipinski definition) is 3. The maximum atomic E-state index is 13.7. The van der Waals surface area contributed by atoms with Crippen molar-refractivity contribution in [3.8, 4) is 0 Å². The van der Waals surface area contributed by atoms with E-state index >= 15 is 0 Å². The Morgan fingerprint density at radius 2 is 2.24 bits per heavy atom. The van der Waals surface area contributed by atoms with Crippen LogP contribution in [0.15, 0.2) is 18.2 Å². The SMILES string of the molecule is CCC(NC(=O)C1CC(O)CN1)c1ccc(F)cc1F.Cl. The first-order chi connectivity index (χ1) is 9.51. The lowest BCUT2D eigenvalue weighted by Crippen LogP contribution is -2.42. The van der Waals surface area contributed by atoms with Gasteiger partial charge in [0.15, 0.2) is 0 Å². The Morgan fingerprint density at radius 1 is 1.52 bits per heavy atom. The largest absolute Gasteiger partial charge is 0.392 e. The third kappa shape index (κ3) is 4.36. The number of aliphatic hydroxyl groups is 1. The summed E-state index contributed by atoms with van der Waals surface area (Å²) in [6.45, 7) is 2.18. The quantitative estimate of drug-likeness (QED) is 0.791. The predicted octanol–water partition coefficient (Wildman–Crippen LogP) is 1.68. The van der Waals surface area contributed by atoms with E-state index < -0.39 is 29.8 Å². The van der Waals surface area contributed by atoms with E-state index in [1.165, 1.54) is 12.1 Å². The minimum absolute atomic E-state index is 0. The van der Waals surface area contributed by atoms with Gasteiger partial charge in [-0.2, -0.15) is 0 Å². The number of carbonyl (C=O) groups excluding carboxylic acids is 1. The minimum Gasteiger partial charge on any atom is -0.392 e. The van der Waals surface area contributed by atoms with Crippen molar-refractivity contribution in [2.75, 3.05) is 6.54 Å². The van der Waals surface area contributed by atoms with Crippen LogP contribution >= 0.6 is 12.4 Å². The van der Waals surface area contributed by atoms with Crippen molar-refractivity contribution < 1.29 is 18.7 Å². The van der Waals surface area contributed by atoms with E-state index in [4.69, 9.17) is 0 Å². The summed E-state index contributed by atoms with van der Waals surface area (Å²) in [6.07, 6.45) is 0.297. The number of carbonyl (C=O) groups is 1. The summed E-state index contributed by atoms with van der Waals surface area (Å²) in [7, 11) is 0. The highest BCUT2D eigenvalue weighted by molar-refractivity contribution is 5.85. The second kappa shape index (κ2) is 7.68. The van der Waals surface area contributed by atoms with Gasteiger partial charge in [-0.25, -0.2) is 8.78 Å². The summed E-state index contributed by atoms with van der Waals surface area (Å²) in [5.41, 5.74) is 0.265. The third-order valence-corrected chi connectivity index (χ3v) is 3.49. The van der Waals surface area contributed by atoms with Gasteiger partial charge in [-0.3, -0.25) is 4.79 Å². The molecule has 1 aromatic carbocycles. The van der Waals surface area contributed by atoms with Gasteiger partial charge in [0.05, 0.1) is 18.2 Å². The molecule has 1 saturated heterocycles. The van der Waals surface area contributed by atoms with Gasteiger partial charge in [-0.05, 0) is 18.9 Å². The highest BCUT2D eigenvalue weighted by Gasteiger charge is 2.29. The van der Waals surface area contributed by atoms with E-state index in [1.807, 2.05) is 6.92 Å². The standard InChI is InChI=1S/C14H18F2N2O2.ClH/c1-2-12(10-4-3-8(15)5-11(10)16)18-14(20)13-6-9(19)7-17-13;/h3-5,9,12-13,17,19H,2,6-7H2,1H3,(H,18,20);1H. The summed E-state index contributed by atoms with van der Waals surface area (Å²) in [4.78, 5) is 12.0. The minimum atomic E-state index is -0.670. The summed E-state index contributed by atoms with van der Waals surface area (Å²) in [5.74, 6) is -1.60. The molecule has 0 spiro atoms. The summed E-state index contributed by atoms with van der Waals surface area (Å²) < 4.78 is 26.6. The lowest BCUT2D eigenvalue weighted by Gasteiger charge is -2.20. The molecule has 1 aromatic rings. The third-order valence-electron chi connectivity index (χ3n) is 3.49. The van der Waals surface area contributed by atoms with Crippen LogP contribution in [-0.4, -0.2) is 29.7 Å². The van der Waals surface area contributed by atoms with Crippen LogP contribution in [0.25, 0.3) is 0 Å². The van der Waals surface area contributed by atoms with Crippen molar-refractivity contribution >= 4 is 18.3 Å². The van der Waals surface area contributed by atoms with E-state index in [-0.39, 0.29) is 23.9 Å². The molecule has 1 aliphatic rings. The summed E-state index contributed by atoms with van der Waals surface area (Å²) in [6, 6.07) is 2.34. The van der Waals surface area contributed by atoms with E-state index in [0.717, 1.165) is 6.07 Å². The average molecular weight is 321 g/mol. The molecule has 118 valence electrons. The van der Waals surface area contributed by atoms with Crippen molar-refractivity contribution in [1.82, 2.24) is 10.6 Å². The number of halogens is 3. The van der Waals surface area contributed by atoms with Crippen molar-refractivity contribution in [1.29, 1.82) is 0 Å². The predicted molar refractivity (Wildman–Crippen MR) is 77.2 cm³/mol. The zero-order valence-electron chi connectivity index (χ0n) is 11.6. The molecule has 3 atom stereocenters. The van der Waals surface area contributed by atoms with Crippen LogP contribution in [0.4, 0.5) is 8.78 Å². The van der Waals surface area contributed by atoms with Gasteiger partial charge < -0.3 is 15.7 Å². The van der Waals surface area contributed by atoms with Gasteiger partial charge >= 0.3 is 0 Å². The normalized spacial score (nSPS) is 22.5. The lowest BCUT2D eigenvalue weighted by atomic mass is 10.0. The maximum absolute atomic E-state index is 13.7. The number of nitrogens with one attached hydrogen (secondary N) is 2. The number of aliphatic hydroxyl groups excluding tert-OH is 1. The summed E-state index contributed by atoms with van der Waals surface area (Å²) in [5, 5.41) is 15.0. The van der Waals surface area contributed by atoms with Crippen molar-refractivity contribution in [3.05, 3.63) is 35.4 Å². The van der Waals surface area contributed by atoms with E-state index in [9.17, 15) is 18.7 Å². The fourth-order valence-corrected chi connectivity index (χ4v) is 2.37. The number of rotatable bonds is 4. The molecule has 21 heavy (non-hydrogen) atoms. The fourth-order valence-electron chi connectivity index (χ4n) is 2.37. The average Bonchev–Trinajstić information content (AvgIpc) is 2.83. The Kier molecular flexibility index (Phi) is 6.51. The van der Waals surface area contributed by atoms with Gasteiger partial charge in [0, 0.05) is 18.2 Å². The van der Waals surface area contributed by atoms with E-state index in [0.29, 0.717) is 19.4 Å². The highest BCUT2D eigenvalue weighted by atomic mass is 35.5. The van der Waals surface area contributed by atoms with Gasteiger partial charge in [-0.15, -0.1) is 12.4 Å². The van der Waals surface area contributed by atoms with Crippen molar-refractivity contribution in [2.45, 2.75) is 38.0 Å². The molecule has 1 heterocycles. The molecular weight excluding hydrogens is 302 g/mol. The van der Waals surface area contributed by atoms with Crippen molar-refractivity contribution in [3.63, 3.8) is 0 Å². The number of benzene rings is 1. The highest BCUT2D eigenvalue weighted by Crippen LogP contribution is 2.21. The molecule has 0 radical (unpaired) electrons. The molecule has 0 saturated carbocycles. The second-order valence-corrected chi connectivity index (χ2v) is 4.99. The van der Waals surface area contributed by atoms with Crippen LogP contribution in [0.2, 0.25) is 0 Å². The Morgan fingerprint density at radius 3 is 2.76 bits per heavy atom. The zero-order chi connectivity index (χ0) is 14.7. The van der Waals surface area contributed by atoms with Gasteiger partial charge in [-0.1, -0.05) is 13.0 Å².